The summed E-state index contributed by atoms with van der Waals surface area (Å²) < 4.78 is 42.7. The standard InChI is InChI=1S/C20H20ClNO6S/c21-17-10-14(11-18-19(17)28-13-27-18)12-26-20(23)15-4-6-16(7-5-15)29(24,25)22-8-2-1-3-9-22/h4-7,10-11H,1-3,8-9,12-13H2. The molecule has 2 aromatic carbocycles. The van der Waals surface area contributed by atoms with Gasteiger partial charge in [-0.25, -0.2) is 13.2 Å². The number of benzene rings is 2. The summed E-state index contributed by atoms with van der Waals surface area (Å²) in [5.74, 6) is 0.434. The fraction of sp³-hybridized carbons (Fsp3) is 0.350. The quantitative estimate of drug-likeness (QED) is 0.665. The summed E-state index contributed by atoms with van der Waals surface area (Å²) in [7, 11) is -3.53. The van der Waals surface area contributed by atoms with Crippen LogP contribution < -0.4 is 9.47 Å². The Bertz CT molecular complexity index is 1020. The predicted octanol–water partition coefficient (Wildman–Crippen LogP) is 3.60. The molecule has 0 unspecified atom stereocenters. The second kappa shape index (κ2) is 8.22. The zero-order valence-electron chi connectivity index (χ0n) is 15.6. The number of sulfonamides is 1. The van der Waals surface area contributed by atoms with Crippen LogP contribution in [0.25, 0.3) is 0 Å². The third kappa shape index (κ3) is 4.19. The summed E-state index contributed by atoms with van der Waals surface area (Å²) in [6.07, 6.45) is 2.78. The number of esters is 1. The molecule has 0 aliphatic carbocycles. The minimum Gasteiger partial charge on any atom is -0.457 e. The number of ether oxygens (including phenoxy) is 3. The maximum atomic E-state index is 12.7. The number of piperidine rings is 1. The van der Waals surface area contributed by atoms with Crippen LogP contribution in [-0.2, 0) is 21.4 Å². The molecule has 0 saturated carbocycles. The van der Waals surface area contributed by atoms with Crippen molar-refractivity contribution in [2.75, 3.05) is 19.9 Å². The number of nitrogens with zero attached hydrogens (tertiary/aromatic N) is 1. The SMILES string of the molecule is O=C(OCc1cc(Cl)c2c(c1)OCO2)c1ccc(S(=O)(=O)N2CCCCC2)cc1. The number of rotatable bonds is 5. The Kier molecular flexibility index (Phi) is 5.67. The minimum absolute atomic E-state index is 0.00300. The smallest absolute Gasteiger partial charge is 0.338 e. The highest BCUT2D eigenvalue weighted by molar-refractivity contribution is 7.89. The third-order valence-corrected chi connectivity index (χ3v) is 7.09. The zero-order valence-corrected chi connectivity index (χ0v) is 17.2. The Balaban J connectivity index is 1.41. The number of halogens is 1. The van der Waals surface area contributed by atoms with Gasteiger partial charge in [-0.2, -0.15) is 4.31 Å². The van der Waals surface area contributed by atoms with Gasteiger partial charge < -0.3 is 14.2 Å². The van der Waals surface area contributed by atoms with Gasteiger partial charge in [0.05, 0.1) is 15.5 Å². The van der Waals surface area contributed by atoms with Crippen LogP contribution in [0.2, 0.25) is 5.02 Å². The van der Waals surface area contributed by atoms with E-state index in [2.05, 4.69) is 0 Å². The van der Waals surface area contributed by atoms with E-state index < -0.39 is 16.0 Å². The molecule has 4 rings (SSSR count). The van der Waals surface area contributed by atoms with E-state index in [0.717, 1.165) is 19.3 Å². The number of carbonyl (C=O) groups excluding carboxylic acids is 1. The van der Waals surface area contributed by atoms with Gasteiger partial charge in [0.15, 0.2) is 11.5 Å². The van der Waals surface area contributed by atoms with Crippen molar-refractivity contribution in [2.24, 2.45) is 0 Å². The van der Waals surface area contributed by atoms with E-state index in [4.69, 9.17) is 25.8 Å². The van der Waals surface area contributed by atoms with Gasteiger partial charge in [0.1, 0.15) is 6.61 Å². The molecule has 0 radical (unpaired) electrons. The highest BCUT2D eigenvalue weighted by Crippen LogP contribution is 2.39. The molecule has 29 heavy (non-hydrogen) atoms. The van der Waals surface area contributed by atoms with E-state index in [1.807, 2.05) is 0 Å². The Hall–Kier alpha value is -2.29. The molecule has 154 valence electrons. The molecular weight excluding hydrogens is 418 g/mol. The minimum atomic E-state index is -3.53. The largest absolute Gasteiger partial charge is 0.457 e. The van der Waals surface area contributed by atoms with Crippen LogP contribution in [0.15, 0.2) is 41.3 Å². The van der Waals surface area contributed by atoms with Crippen LogP contribution in [0.3, 0.4) is 0 Å². The molecular formula is C20H20ClNO6S. The molecule has 9 heteroatoms. The van der Waals surface area contributed by atoms with Crippen LogP contribution in [-0.4, -0.2) is 38.6 Å². The van der Waals surface area contributed by atoms with Crippen molar-refractivity contribution in [3.63, 3.8) is 0 Å². The van der Waals surface area contributed by atoms with E-state index in [-0.39, 0.29) is 23.9 Å². The predicted molar refractivity (Wildman–Crippen MR) is 106 cm³/mol. The molecule has 2 aliphatic rings. The normalized spacial score (nSPS) is 16.6. The van der Waals surface area contributed by atoms with E-state index in [0.29, 0.717) is 35.2 Å². The lowest BCUT2D eigenvalue weighted by atomic mass is 10.2. The molecule has 0 spiro atoms. The molecule has 1 saturated heterocycles. The topological polar surface area (TPSA) is 82.1 Å². The van der Waals surface area contributed by atoms with E-state index in [1.54, 1.807) is 12.1 Å². The Labute approximate surface area is 174 Å². The Morgan fingerprint density at radius 3 is 2.52 bits per heavy atom. The van der Waals surface area contributed by atoms with Crippen LogP contribution in [0.5, 0.6) is 11.5 Å². The Morgan fingerprint density at radius 2 is 1.79 bits per heavy atom. The molecule has 0 atom stereocenters. The molecule has 1 fully saturated rings. The van der Waals surface area contributed by atoms with E-state index >= 15 is 0 Å². The van der Waals surface area contributed by atoms with Gasteiger partial charge >= 0.3 is 5.97 Å². The Morgan fingerprint density at radius 1 is 1.07 bits per heavy atom. The van der Waals surface area contributed by atoms with E-state index in [9.17, 15) is 13.2 Å². The third-order valence-electron chi connectivity index (χ3n) is 4.90. The maximum Gasteiger partial charge on any atom is 0.338 e. The lowest BCUT2D eigenvalue weighted by Crippen LogP contribution is -2.35. The van der Waals surface area contributed by atoms with Crippen LogP contribution in [0.1, 0.15) is 35.2 Å². The maximum absolute atomic E-state index is 12.7. The summed E-state index contributed by atoms with van der Waals surface area (Å²) in [6.45, 7) is 1.17. The number of fused-ring (bicyclic) bond motifs is 1. The summed E-state index contributed by atoms with van der Waals surface area (Å²) >= 11 is 6.12. The lowest BCUT2D eigenvalue weighted by Gasteiger charge is -2.25. The first-order chi connectivity index (χ1) is 13.9. The highest BCUT2D eigenvalue weighted by atomic mass is 35.5. The number of hydrogen-bond donors (Lipinski definition) is 0. The summed E-state index contributed by atoms with van der Waals surface area (Å²) in [6, 6.07) is 9.17. The fourth-order valence-corrected chi connectivity index (χ4v) is 5.16. The van der Waals surface area contributed by atoms with Gasteiger partial charge in [-0.1, -0.05) is 18.0 Å². The monoisotopic (exact) mass is 437 g/mol. The van der Waals surface area contributed by atoms with Crippen LogP contribution >= 0.6 is 11.6 Å². The summed E-state index contributed by atoms with van der Waals surface area (Å²) in [4.78, 5) is 12.5. The zero-order chi connectivity index (χ0) is 20.4. The van der Waals surface area contributed by atoms with E-state index in [1.165, 1.54) is 28.6 Å². The average molecular weight is 438 g/mol. The van der Waals surface area contributed by atoms with Crippen molar-refractivity contribution in [2.45, 2.75) is 30.8 Å². The molecule has 2 aromatic rings. The van der Waals surface area contributed by atoms with Crippen molar-refractivity contribution in [3.8, 4) is 11.5 Å². The number of hydrogen-bond acceptors (Lipinski definition) is 6. The summed E-state index contributed by atoms with van der Waals surface area (Å²) in [5.41, 5.74) is 0.936. The van der Waals surface area contributed by atoms with Gasteiger partial charge in [0.25, 0.3) is 0 Å². The summed E-state index contributed by atoms with van der Waals surface area (Å²) in [5, 5.41) is 0.387. The van der Waals surface area contributed by atoms with Gasteiger partial charge in [-0.15, -0.1) is 0 Å². The molecule has 7 nitrogen and oxygen atoms in total. The van der Waals surface area contributed by atoms with Crippen molar-refractivity contribution >= 4 is 27.6 Å². The fourth-order valence-electron chi connectivity index (χ4n) is 3.35. The van der Waals surface area contributed by atoms with Crippen molar-refractivity contribution in [1.82, 2.24) is 4.31 Å². The van der Waals surface area contributed by atoms with Crippen molar-refractivity contribution in [3.05, 3.63) is 52.5 Å². The molecule has 0 N–H and O–H groups in total. The molecule has 2 aliphatic heterocycles. The molecule has 0 bridgehead atoms. The first-order valence-corrected chi connectivity index (χ1v) is 11.1. The highest BCUT2D eigenvalue weighted by Gasteiger charge is 2.26. The van der Waals surface area contributed by atoms with Crippen LogP contribution in [0, 0.1) is 0 Å². The van der Waals surface area contributed by atoms with Crippen molar-refractivity contribution in [1.29, 1.82) is 0 Å². The second-order valence-corrected chi connectivity index (χ2v) is 9.22. The van der Waals surface area contributed by atoms with Crippen molar-refractivity contribution < 1.29 is 27.4 Å². The first kappa shape index (κ1) is 20.0. The molecule has 0 aromatic heterocycles. The molecule has 2 heterocycles. The molecule has 0 amide bonds. The van der Waals surface area contributed by atoms with Gasteiger partial charge in [0, 0.05) is 13.1 Å². The van der Waals surface area contributed by atoms with Gasteiger partial charge in [-0.05, 0) is 54.8 Å². The van der Waals surface area contributed by atoms with Gasteiger partial charge in [0.2, 0.25) is 16.8 Å². The second-order valence-electron chi connectivity index (χ2n) is 6.88. The number of carbonyl (C=O) groups is 1. The average Bonchev–Trinajstić information content (AvgIpc) is 3.22. The van der Waals surface area contributed by atoms with Gasteiger partial charge in [-0.3, -0.25) is 0 Å². The van der Waals surface area contributed by atoms with Crippen LogP contribution in [0.4, 0.5) is 0 Å². The lowest BCUT2D eigenvalue weighted by molar-refractivity contribution is 0.0472. The first-order valence-electron chi connectivity index (χ1n) is 9.30.